The molecule has 1 aromatic heterocycles. The lowest BCUT2D eigenvalue weighted by molar-refractivity contribution is -0.138. The lowest BCUT2D eigenvalue weighted by atomic mass is 10.0. The standard InChI is InChI=1S/C9H10FNO2/c1-2-7(9(12)13)8-4-3-6(10)5-11-8/h3-5,7H,2H2,1H3,(H,12,13). The number of hydrogen-bond acceptors (Lipinski definition) is 2. The van der Waals surface area contributed by atoms with E-state index in [1.165, 1.54) is 12.1 Å². The molecule has 4 heteroatoms. The van der Waals surface area contributed by atoms with Crippen molar-refractivity contribution in [3.05, 3.63) is 29.8 Å². The fourth-order valence-corrected chi connectivity index (χ4v) is 1.10. The van der Waals surface area contributed by atoms with Crippen molar-refractivity contribution < 1.29 is 14.3 Å². The molecule has 0 saturated carbocycles. The van der Waals surface area contributed by atoms with Crippen molar-refractivity contribution in [1.29, 1.82) is 0 Å². The molecular weight excluding hydrogens is 173 g/mol. The number of pyridine rings is 1. The molecule has 1 rings (SSSR count). The highest BCUT2D eigenvalue weighted by molar-refractivity contribution is 5.75. The van der Waals surface area contributed by atoms with E-state index in [0.717, 1.165) is 6.20 Å². The van der Waals surface area contributed by atoms with Gasteiger partial charge < -0.3 is 5.11 Å². The van der Waals surface area contributed by atoms with E-state index in [2.05, 4.69) is 4.98 Å². The summed E-state index contributed by atoms with van der Waals surface area (Å²) in [5, 5.41) is 8.76. The van der Waals surface area contributed by atoms with E-state index < -0.39 is 17.7 Å². The Morgan fingerprint density at radius 3 is 2.77 bits per heavy atom. The van der Waals surface area contributed by atoms with Crippen LogP contribution in [0, 0.1) is 5.82 Å². The van der Waals surface area contributed by atoms with Gasteiger partial charge in [-0.3, -0.25) is 9.78 Å². The number of carbonyl (C=O) groups is 1. The third-order valence-electron chi connectivity index (χ3n) is 1.81. The first-order valence-corrected chi connectivity index (χ1v) is 3.99. The summed E-state index contributed by atoms with van der Waals surface area (Å²) in [7, 11) is 0. The molecule has 13 heavy (non-hydrogen) atoms. The highest BCUT2D eigenvalue weighted by Gasteiger charge is 2.18. The fraction of sp³-hybridized carbons (Fsp3) is 0.333. The highest BCUT2D eigenvalue weighted by Crippen LogP contribution is 2.17. The zero-order valence-electron chi connectivity index (χ0n) is 7.20. The molecule has 70 valence electrons. The molecule has 0 radical (unpaired) electrons. The second-order valence-electron chi connectivity index (χ2n) is 2.70. The van der Waals surface area contributed by atoms with Gasteiger partial charge in [0.05, 0.1) is 17.8 Å². The Morgan fingerprint density at radius 1 is 1.69 bits per heavy atom. The Morgan fingerprint density at radius 2 is 2.38 bits per heavy atom. The van der Waals surface area contributed by atoms with Crippen LogP contribution in [0.25, 0.3) is 0 Å². The van der Waals surface area contributed by atoms with E-state index in [0.29, 0.717) is 12.1 Å². The average Bonchev–Trinajstić information content (AvgIpc) is 2.09. The van der Waals surface area contributed by atoms with Gasteiger partial charge in [0, 0.05) is 0 Å². The number of aliphatic carboxylic acids is 1. The Balaban J connectivity index is 2.92. The Bertz CT molecular complexity index is 297. The van der Waals surface area contributed by atoms with Crippen molar-refractivity contribution in [1.82, 2.24) is 4.98 Å². The van der Waals surface area contributed by atoms with Gasteiger partial charge in [-0.2, -0.15) is 0 Å². The molecule has 0 fully saturated rings. The van der Waals surface area contributed by atoms with Gasteiger partial charge in [-0.25, -0.2) is 4.39 Å². The second-order valence-corrected chi connectivity index (χ2v) is 2.70. The van der Waals surface area contributed by atoms with Gasteiger partial charge >= 0.3 is 5.97 Å². The average molecular weight is 183 g/mol. The van der Waals surface area contributed by atoms with Crippen LogP contribution in [0.3, 0.4) is 0 Å². The van der Waals surface area contributed by atoms with E-state index in [1.807, 2.05) is 0 Å². The number of carboxylic acids is 1. The summed E-state index contributed by atoms with van der Waals surface area (Å²) in [5.41, 5.74) is 0.399. The molecule has 0 aliphatic heterocycles. The second kappa shape index (κ2) is 3.98. The number of hydrogen-bond donors (Lipinski definition) is 1. The Kier molecular flexibility index (Phi) is 2.95. The number of halogens is 1. The van der Waals surface area contributed by atoms with E-state index in [9.17, 15) is 9.18 Å². The summed E-state index contributed by atoms with van der Waals surface area (Å²) < 4.78 is 12.4. The summed E-state index contributed by atoms with van der Waals surface area (Å²) in [6.45, 7) is 1.75. The fourth-order valence-electron chi connectivity index (χ4n) is 1.10. The number of rotatable bonds is 3. The number of nitrogens with zero attached hydrogens (tertiary/aromatic N) is 1. The van der Waals surface area contributed by atoms with Crippen LogP contribution < -0.4 is 0 Å². The molecule has 1 aromatic rings. The predicted octanol–water partition coefficient (Wildman–Crippen LogP) is 1.80. The molecule has 0 bridgehead atoms. The molecule has 0 aromatic carbocycles. The first-order chi connectivity index (χ1) is 6.15. The summed E-state index contributed by atoms with van der Waals surface area (Å²) in [4.78, 5) is 14.4. The predicted molar refractivity (Wildman–Crippen MR) is 44.9 cm³/mol. The van der Waals surface area contributed by atoms with Crippen LogP contribution in [0.2, 0.25) is 0 Å². The maximum absolute atomic E-state index is 12.4. The zero-order valence-corrected chi connectivity index (χ0v) is 7.20. The van der Waals surface area contributed by atoms with Crippen molar-refractivity contribution in [2.45, 2.75) is 19.3 Å². The normalized spacial score (nSPS) is 12.5. The smallest absolute Gasteiger partial charge is 0.312 e. The van der Waals surface area contributed by atoms with E-state index in [4.69, 9.17) is 5.11 Å². The van der Waals surface area contributed by atoms with Gasteiger partial charge in [0.15, 0.2) is 0 Å². The molecule has 0 saturated heterocycles. The summed E-state index contributed by atoms with van der Waals surface area (Å²) in [5.74, 6) is -2.02. The van der Waals surface area contributed by atoms with E-state index >= 15 is 0 Å². The molecule has 0 aliphatic rings. The van der Waals surface area contributed by atoms with Crippen LogP contribution in [-0.4, -0.2) is 16.1 Å². The van der Waals surface area contributed by atoms with Crippen LogP contribution in [0.4, 0.5) is 4.39 Å². The molecule has 0 amide bonds. The monoisotopic (exact) mass is 183 g/mol. The maximum atomic E-state index is 12.4. The minimum absolute atomic E-state index is 0.399. The molecule has 3 nitrogen and oxygen atoms in total. The Labute approximate surface area is 75.2 Å². The molecule has 0 spiro atoms. The Hall–Kier alpha value is -1.45. The summed E-state index contributed by atoms with van der Waals surface area (Å²) in [6, 6.07) is 2.62. The van der Waals surface area contributed by atoms with E-state index in [-0.39, 0.29) is 0 Å². The molecule has 1 heterocycles. The minimum atomic E-state index is -0.929. The topological polar surface area (TPSA) is 50.2 Å². The third-order valence-corrected chi connectivity index (χ3v) is 1.81. The van der Waals surface area contributed by atoms with Gasteiger partial charge in [-0.1, -0.05) is 6.92 Å². The van der Waals surface area contributed by atoms with Crippen LogP contribution in [0.15, 0.2) is 18.3 Å². The van der Waals surface area contributed by atoms with Gasteiger partial charge in [-0.05, 0) is 18.6 Å². The largest absolute Gasteiger partial charge is 0.481 e. The SMILES string of the molecule is CCC(C(=O)O)c1ccc(F)cn1. The minimum Gasteiger partial charge on any atom is -0.481 e. The van der Waals surface area contributed by atoms with Crippen molar-refractivity contribution in [2.75, 3.05) is 0 Å². The number of aromatic nitrogens is 1. The zero-order chi connectivity index (χ0) is 9.84. The van der Waals surface area contributed by atoms with Crippen molar-refractivity contribution >= 4 is 5.97 Å². The van der Waals surface area contributed by atoms with E-state index in [1.54, 1.807) is 6.92 Å². The maximum Gasteiger partial charge on any atom is 0.312 e. The molecule has 1 atom stereocenters. The third kappa shape index (κ3) is 2.24. The summed E-state index contributed by atoms with van der Waals surface area (Å²) in [6.07, 6.45) is 1.48. The van der Waals surface area contributed by atoms with Crippen LogP contribution >= 0.6 is 0 Å². The molecular formula is C9H10FNO2. The number of carboxylic acid groups (broad SMARTS) is 1. The first-order valence-electron chi connectivity index (χ1n) is 3.99. The van der Waals surface area contributed by atoms with Crippen LogP contribution in [-0.2, 0) is 4.79 Å². The lowest BCUT2D eigenvalue weighted by Crippen LogP contribution is -2.11. The van der Waals surface area contributed by atoms with Crippen molar-refractivity contribution in [3.63, 3.8) is 0 Å². The molecule has 1 N–H and O–H groups in total. The summed E-state index contributed by atoms with van der Waals surface area (Å²) >= 11 is 0. The van der Waals surface area contributed by atoms with Gasteiger partial charge in [0.1, 0.15) is 5.82 Å². The quantitative estimate of drug-likeness (QED) is 0.777. The lowest BCUT2D eigenvalue weighted by Gasteiger charge is -2.07. The molecule has 1 unspecified atom stereocenters. The van der Waals surface area contributed by atoms with Crippen molar-refractivity contribution in [3.8, 4) is 0 Å². The first kappa shape index (κ1) is 9.64. The van der Waals surface area contributed by atoms with Gasteiger partial charge in [0.25, 0.3) is 0 Å². The van der Waals surface area contributed by atoms with Gasteiger partial charge in [0.2, 0.25) is 0 Å². The molecule has 0 aliphatic carbocycles. The van der Waals surface area contributed by atoms with Crippen LogP contribution in [0.1, 0.15) is 25.0 Å². The van der Waals surface area contributed by atoms with Crippen LogP contribution in [0.5, 0.6) is 0 Å². The highest BCUT2D eigenvalue weighted by atomic mass is 19.1. The van der Waals surface area contributed by atoms with Crippen molar-refractivity contribution in [2.24, 2.45) is 0 Å². The van der Waals surface area contributed by atoms with Gasteiger partial charge in [-0.15, -0.1) is 0 Å².